The van der Waals surface area contributed by atoms with Gasteiger partial charge in [0.2, 0.25) is 0 Å². The van der Waals surface area contributed by atoms with Gasteiger partial charge in [0, 0.05) is 13.0 Å². The van der Waals surface area contributed by atoms with E-state index in [4.69, 9.17) is 4.74 Å². The summed E-state index contributed by atoms with van der Waals surface area (Å²) in [6.45, 7) is 4.93. The second kappa shape index (κ2) is 3.91. The van der Waals surface area contributed by atoms with Crippen LogP contribution in [-0.2, 0) is 11.2 Å². The molecule has 1 N–H and O–H groups in total. The third-order valence-electron chi connectivity index (χ3n) is 2.53. The topological polar surface area (TPSA) is 21.3 Å². The molecule has 0 radical (unpaired) electrons. The van der Waals surface area contributed by atoms with E-state index in [2.05, 4.69) is 5.32 Å². The summed E-state index contributed by atoms with van der Waals surface area (Å²) in [7, 11) is 0. The van der Waals surface area contributed by atoms with Crippen LogP contribution in [0.4, 0.5) is 4.39 Å². The van der Waals surface area contributed by atoms with E-state index in [1.54, 1.807) is 12.1 Å². The van der Waals surface area contributed by atoms with Crippen molar-refractivity contribution in [2.24, 2.45) is 0 Å². The van der Waals surface area contributed by atoms with E-state index < -0.39 is 0 Å². The molecule has 1 unspecified atom stereocenters. The Labute approximate surface area is 89.4 Å². The number of nitrogens with one attached hydrogen (secondary N) is 1. The fourth-order valence-corrected chi connectivity index (χ4v) is 1.82. The molecule has 1 heterocycles. The van der Waals surface area contributed by atoms with Gasteiger partial charge in [0.25, 0.3) is 0 Å². The highest BCUT2D eigenvalue weighted by atomic mass is 19.1. The van der Waals surface area contributed by atoms with Crippen molar-refractivity contribution in [2.75, 3.05) is 6.54 Å². The average Bonchev–Trinajstić information content (AvgIpc) is 2.45. The summed E-state index contributed by atoms with van der Waals surface area (Å²) >= 11 is 0. The molecule has 2 nitrogen and oxygen atoms in total. The minimum atomic E-state index is -0.190. The van der Waals surface area contributed by atoms with Gasteiger partial charge in [-0.05, 0) is 31.5 Å². The summed E-state index contributed by atoms with van der Waals surface area (Å²) in [6, 6.07) is 6.65. The third kappa shape index (κ3) is 2.76. The molecule has 3 heteroatoms. The third-order valence-corrected chi connectivity index (χ3v) is 2.53. The van der Waals surface area contributed by atoms with Crippen molar-refractivity contribution in [1.82, 2.24) is 5.32 Å². The van der Waals surface area contributed by atoms with Crippen molar-refractivity contribution in [2.45, 2.75) is 32.1 Å². The minimum absolute atomic E-state index is 0.00167. The van der Waals surface area contributed by atoms with Gasteiger partial charge in [-0.1, -0.05) is 12.1 Å². The van der Waals surface area contributed by atoms with Gasteiger partial charge in [0.15, 0.2) is 0 Å². The first-order valence-corrected chi connectivity index (χ1v) is 5.21. The number of hydrogen-bond acceptors (Lipinski definition) is 2. The first-order valence-electron chi connectivity index (χ1n) is 5.21. The summed E-state index contributed by atoms with van der Waals surface area (Å²) in [5.41, 5.74) is 0.850. The lowest BCUT2D eigenvalue weighted by Crippen LogP contribution is -2.24. The summed E-state index contributed by atoms with van der Waals surface area (Å²) in [6.07, 6.45) is 0.711. The van der Waals surface area contributed by atoms with Crippen LogP contribution < -0.4 is 5.32 Å². The molecule has 0 bridgehead atoms. The monoisotopic (exact) mass is 209 g/mol. The van der Waals surface area contributed by atoms with Gasteiger partial charge in [0.05, 0.1) is 5.60 Å². The molecule has 1 aromatic rings. The Morgan fingerprint density at radius 2 is 2.33 bits per heavy atom. The van der Waals surface area contributed by atoms with Crippen molar-refractivity contribution in [3.05, 3.63) is 35.6 Å². The van der Waals surface area contributed by atoms with Gasteiger partial charge in [-0.3, -0.25) is 5.32 Å². The Morgan fingerprint density at radius 1 is 1.53 bits per heavy atom. The lowest BCUT2D eigenvalue weighted by molar-refractivity contribution is -0.0136. The predicted molar refractivity (Wildman–Crippen MR) is 57.1 cm³/mol. The van der Waals surface area contributed by atoms with Crippen LogP contribution in [-0.4, -0.2) is 18.4 Å². The highest BCUT2D eigenvalue weighted by molar-refractivity contribution is 5.17. The van der Waals surface area contributed by atoms with Crippen LogP contribution in [0.3, 0.4) is 0 Å². The summed E-state index contributed by atoms with van der Waals surface area (Å²) < 4.78 is 18.7. The van der Waals surface area contributed by atoms with E-state index in [0.717, 1.165) is 12.1 Å². The minimum Gasteiger partial charge on any atom is -0.356 e. The molecule has 15 heavy (non-hydrogen) atoms. The van der Waals surface area contributed by atoms with E-state index in [1.165, 1.54) is 6.07 Å². The van der Waals surface area contributed by atoms with E-state index >= 15 is 0 Å². The van der Waals surface area contributed by atoms with Crippen LogP contribution in [0.5, 0.6) is 0 Å². The first kappa shape index (κ1) is 10.6. The van der Waals surface area contributed by atoms with Crippen molar-refractivity contribution in [3.63, 3.8) is 0 Å². The van der Waals surface area contributed by atoms with Crippen LogP contribution in [0.15, 0.2) is 24.3 Å². The fraction of sp³-hybridized carbons (Fsp3) is 0.500. The molecule has 2 rings (SSSR count). The Balaban J connectivity index is 1.99. The Hall–Kier alpha value is -0.930. The number of ether oxygens (including phenoxy) is 1. The molecule has 1 atom stereocenters. The summed E-state index contributed by atoms with van der Waals surface area (Å²) in [5.74, 6) is -0.190. The van der Waals surface area contributed by atoms with Crippen molar-refractivity contribution < 1.29 is 9.13 Å². The van der Waals surface area contributed by atoms with Crippen LogP contribution in [0.1, 0.15) is 19.4 Å². The Morgan fingerprint density at radius 3 is 2.93 bits per heavy atom. The Bertz CT molecular complexity index is 351. The molecule has 1 aliphatic heterocycles. The molecular formula is C12H16FNO. The highest BCUT2D eigenvalue weighted by Crippen LogP contribution is 2.19. The lowest BCUT2D eigenvalue weighted by Gasteiger charge is -2.17. The SMILES string of the molecule is CC1(C)CNC(Cc2cccc(F)c2)O1. The molecule has 0 saturated carbocycles. The van der Waals surface area contributed by atoms with Gasteiger partial charge < -0.3 is 4.74 Å². The first-order chi connectivity index (χ1) is 7.05. The number of benzene rings is 1. The second-order valence-corrected chi connectivity index (χ2v) is 4.58. The average molecular weight is 209 g/mol. The fourth-order valence-electron chi connectivity index (χ4n) is 1.82. The van der Waals surface area contributed by atoms with Gasteiger partial charge in [-0.25, -0.2) is 4.39 Å². The zero-order valence-corrected chi connectivity index (χ0v) is 9.09. The number of halogens is 1. The van der Waals surface area contributed by atoms with Crippen LogP contribution in [0, 0.1) is 5.82 Å². The van der Waals surface area contributed by atoms with Gasteiger partial charge in [0.1, 0.15) is 12.0 Å². The van der Waals surface area contributed by atoms with Crippen molar-refractivity contribution in [3.8, 4) is 0 Å². The molecule has 1 saturated heterocycles. The zero-order valence-electron chi connectivity index (χ0n) is 9.09. The normalized spacial score (nSPS) is 24.3. The molecule has 0 amide bonds. The second-order valence-electron chi connectivity index (χ2n) is 4.58. The number of rotatable bonds is 2. The van der Waals surface area contributed by atoms with Gasteiger partial charge in [-0.2, -0.15) is 0 Å². The maximum absolute atomic E-state index is 12.9. The zero-order chi connectivity index (χ0) is 10.9. The number of hydrogen-bond donors (Lipinski definition) is 1. The van der Waals surface area contributed by atoms with Crippen molar-refractivity contribution >= 4 is 0 Å². The van der Waals surface area contributed by atoms with Gasteiger partial charge in [-0.15, -0.1) is 0 Å². The smallest absolute Gasteiger partial charge is 0.123 e. The molecule has 1 aliphatic rings. The quantitative estimate of drug-likeness (QED) is 0.805. The largest absolute Gasteiger partial charge is 0.356 e. The Kier molecular flexibility index (Phi) is 2.76. The van der Waals surface area contributed by atoms with Gasteiger partial charge >= 0.3 is 0 Å². The van der Waals surface area contributed by atoms with Crippen LogP contribution >= 0.6 is 0 Å². The van der Waals surface area contributed by atoms with Crippen LogP contribution in [0.2, 0.25) is 0 Å². The predicted octanol–water partition coefficient (Wildman–Crippen LogP) is 2.09. The van der Waals surface area contributed by atoms with E-state index in [1.807, 2.05) is 19.9 Å². The molecule has 82 valence electrons. The summed E-state index contributed by atoms with van der Waals surface area (Å²) in [5, 5.41) is 3.27. The molecule has 1 fully saturated rings. The van der Waals surface area contributed by atoms with E-state index in [-0.39, 0.29) is 17.6 Å². The van der Waals surface area contributed by atoms with Crippen LogP contribution in [0.25, 0.3) is 0 Å². The molecular weight excluding hydrogens is 193 g/mol. The van der Waals surface area contributed by atoms with Crippen molar-refractivity contribution in [1.29, 1.82) is 0 Å². The maximum Gasteiger partial charge on any atom is 0.123 e. The highest BCUT2D eigenvalue weighted by Gasteiger charge is 2.30. The molecule has 0 spiro atoms. The molecule has 0 aromatic heterocycles. The molecule has 0 aliphatic carbocycles. The lowest BCUT2D eigenvalue weighted by atomic mass is 10.1. The summed E-state index contributed by atoms with van der Waals surface area (Å²) in [4.78, 5) is 0. The van der Waals surface area contributed by atoms with E-state index in [0.29, 0.717) is 6.42 Å². The van der Waals surface area contributed by atoms with E-state index in [9.17, 15) is 4.39 Å². The molecule has 1 aromatic carbocycles. The maximum atomic E-state index is 12.9. The standard InChI is InChI=1S/C12H16FNO/c1-12(2)8-14-11(15-12)7-9-4-3-5-10(13)6-9/h3-6,11,14H,7-8H2,1-2H3.